The van der Waals surface area contributed by atoms with Gasteiger partial charge in [0.15, 0.2) is 0 Å². The van der Waals surface area contributed by atoms with E-state index in [1.807, 2.05) is 0 Å². The van der Waals surface area contributed by atoms with Crippen LogP contribution in [0, 0.1) is 0 Å². The molecular formula is C7H13NO2. The van der Waals surface area contributed by atoms with Crippen LogP contribution in [0.3, 0.4) is 0 Å². The molecule has 1 saturated heterocycles. The first-order valence-corrected chi connectivity index (χ1v) is 3.66. The zero-order valence-electron chi connectivity index (χ0n) is 6.13. The van der Waals surface area contributed by atoms with E-state index in [-0.39, 0.29) is 12.5 Å². The summed E-state index contributed by atoms with van der Waals surface area (Å²) in [5.41, 5.74) is 0. The molecule has 0 aromatic heterocycles. The Kier molecular flexibility index (Phi) is 2.27. The maximum Gasteiger partial charge on any atom is 0.304 e. The number of aliphatic carboxylic acids is 1. The second kappa shape index (κ2) is 3.01. The van der Waals surface area contributed by atoms with Gasteiger partial charge in [-0.15, -0.1) is 0 Å². The normalized spacial score (nSPS) is 32.5. The molecule has 0 aromatic carbocycles. The summed E-state index contributed by atoms with van der Waals surface area (Å²) >= 11 is 0. The second-order valence-electron chi connectivity index (χ2n) is 2.94. The van der Waals surface area contributed by atoms with E-state index in [0.29, 0.717) is 6.04 Å². The largest absolute Gasteiger partial charge is 0.481 e. The van der Waals surface area contributed by atoms with E-state index in [2.05, 4.69) is 12.2 Å². The molecule has 0 spiro atoms. The maximum atomic E-state index is 10.2. The van der Waals surface area contributed by atoms with E-state index in [1.165, 1.54) is 0 Å². The number of carbonyl (C=O) groups is 1. The van der Waals surface area contributed by atoms with Crippen molar-refractivity contribution in [3.05, 3.63) is 0 Å². The lowest BCUT2D eigenvalue weighted by atomic mass is 10.1. The van der Waals surface area contributed by atoms with E-state index < -0.39 is 5.97 Å². The predicted octanol–water partition coefficient (Wildman–Crippen LogP) is 0.602. The van der Waals surface area contributed by atoms with Crippen LogP contribution in [0.2, 0.25) is 0 Å². The lowest BCUT2D eigenvalue weighted by molar-refractivity contribution is -0.137. The molecule has 0 unspecified atom stereocenters. The van der Waals surface area contributed by atoms with Crippen molar-refractivity contribution in [3.63, 3.8) is 0 Å². The molecule has 58 valence electrons. The highest BCUT2D eigenvalue weighted by Gasteiger charge is 2.21. The van der Waals surface area contributed by atoms with Crippen LogP contribution >= 0.6 is 0 Å². The summed E-state index contributed by atoms with van der Waals surface area (Å²) in [6.45, 7) is 2.09. The number of rotatable bonds is 2. The van der Waals surface area contributed by atoms with Crippen molar-refractivity contribution in [1.82, 2.24) is 5.32 Å². The minimum Gasteiger partial charge on any atom is -0.481 e. The number of carboxylic acids is 1. The summed E-state index contributed by atoms with van der Waals surface area (Å²) in [7, 11) is 0. The van der Waals surface area contributed by atoms with Gasteiger partial charge in [-0.25, -0.2) is 0 Å². The minimum atomic E-state index is -0.702. The molecule has 0 amide bonds. The Bertz CT molecular complexity index is 136. The summed E-state index contributed by atoms with van der Waals surface area (Å²) in [6.07, 6.45) is 2.38. The molecule has 0 aromatic rings. The molecule has 1 heterocycles. The van der Waals surface area contributed by atoms with E-state index in [0.717, 1.165) is 12.8 Å². The molecule has 3 nitrogen and oxygen atoms in total. The van der Waals surface area contributed by atoms with Gasteiger partial charge in [0.05, 0.1) is 6.42 Å². The van der Waals surface area contributed by atoms with Gasteiger partial charge in [-0.2, -0.15) is 0 Å². The predicted molar refractivity (Wildman–Crippen MR) is 37.9 cm³/mol. The lowest BCUT2D eigenvalue weighted by Gasteiger charge is -2.07. The Morgan fingerprint density at radius 3 is 2.80 bits per heavy atom. The van der Waals surface area contributed by atoms with Gasteiger partial charge in [0.1, 0.15) is 0 Å². The molecule has 10 heavy (non-hydrogen) atoms. The average Bonchev–Trinajstić information content (AvgIpc) is 2.13. The van der Waals surface area contributed by atoms with Crippen molar-refractivity contribution in [2.75, 3.05) is 0 Å². The van der Waals surface area contributed by atoms with Gasteiger partial charge in [-0.05, 0) is 19.8 Å². The molecule has 1 aliphatic heterocycles. The molecule has 2 N–H and O–H groups in total. The van der Waals surface area contributed by atoms with Crippen LogP contribution in [0.15, 0.2) is 0 Å². The summed E-state index contributed by atoms with van der Waals surface area (Å²) in [6, 6.07) is 0.719. The van der Waals surface area contributed by atoms with Crippen molar-refractivity contribution >= 4 is 5.97 Å². The molecule has 0 aliphatic carbocycles. The molecular weight excluding hydrogens is 130 g/mol. The highest BCUT2D eigenvalue weighted by Crippen LogP contribution is 2.13. The van der Waals surface area contributed by atoms with Crippen LogP contribution in [-0.4, -0.2) is 23.2 Å². The molecule has 1 fully saturated rings. The molecule has 0 bridgehead atoms. The van der Waals surface area contributed by atoms with Crippen molar-refractivity contribution in [2.45, 2.75) is 38.3 Å². The minimum absolute atomic E-state index is 0.215. The standard InChI is InChI=1S/C7H13NO2/c1-5-2-3-6(8-5)4-7(9)10/h5-6,8H,2-4H2,1H3,(H,9,10)/t5-,6+/m1/s1. The average molecular weight is 143 g/mol. The monoisotopic (exact) mass is 143 g/mol. The van der Waals surface area contributed by atoms with Gasteiger partial charge in [0.2, 0.25) is 0 Å². The lowest BCUT2D eigenvalue weighted by Crippen LogP contribution is -2.29. The Labute approximate surface area is 60.4 Å². The van der Waals surface area contributed by atoms with Gasteiger partial charge in [-0.3, -0.25) is 4.79 Å². The first kappa shape index (κ1) is 7.54. The highest BCUT2D eigenvalue weighted by molar-refractivity contribution is 5.67. The van der Waals surface area contributed by atoms with Gasteiger partial charge >= 0.3 is 5.97 Å². The molecule has 1 rings (SSSR count). The third-order valence-electron chi connectivity index (χ3n) is 1.89. The van der Waals surface area contributed by atoms with Crippen molar-refractivity contribution < 1.29 is 9.90 Å². The first-order chi connectivity index (χ1) is 4.68. The van der Waals surface area contributed by atoms with Gasteiger partial charge in [0, 0.05) is 12.1 Å². The molecule has 1 aliphatic rings. The zero-order chi connectivity index (χ0) is 7.56. The van der Waals surface area contributed by atoms with Crippen molar-refractivity contribution in [1.29, 1.82) is 0 Å². The van der Waals surface area contributed by atoms with Crippen LogP contribution in [0.25, 0.3) is 0 Å². The van der Waals surface area contributed by atoms with Crippen LogP contribution in [0.5, 0.6) is 0 Å². The SMILES string of the molecule is C[C@@H]1CC[C@@H](CC(=O)O)N1. The number of carboxylic acid groups (broad SMARTS) is 1. The molecule has 0 saturated carbocycles. The third kappa shape index (κ3) is 1.99. The number of hydrogen-bond acceptors (Lipinski definition) is 2. The van der Waals surface area contributed by atoms with Crippen LogP contribution in [0.1, 0.15) is 26.2 Å². The summed E-state index contributed by atoms with van der Waals surface area (Å²) in [4.78, 5) is 10.2. The van der Waals surface area contributed by atoms with E-state index in [4.69, 9.17) is 5.11 Å². The zero-order valence-corrected chi connectivity index (χ0v) is 6.13. The van der Waals surface area contributed by atoms with Gasteiger partial charge in [-0.1, -0.05) is 0 Å². The summed E-state index contributed by atoms with van der Waals surface area (Å²) in [5, 5.41) is 11.6. The third-order valence-corrected chi connectivity index (χ3v) is 1.89. The Hall–Kier alpha value is -0.570. The topological polar surface area (TPSA) is 49.3 Å². The fourth-order valence-electron chi connectivity index (χ4n) is 1.39. The first-order valence-electron chi connectivity index (χ1n) is 3.66. The van der Waals surface area contributed by atoms with Crippen molar-refractivity contribution in [3.8, 4) is 0 Å². The Morgan fingerprint density at radius 2 is 2.40 bits per heavy atom. The molecule has 2 atom stereocenters. The fourth-order valence-corrected chi connectivity index (χ4v) is 1.39. The van der Waals surface area contributed by atoms with Crippen LogP contribution < -0.4 is 5.32 Å². The Morgan fingerprint density at radius 1 is 1.70 bits per heavy atom. The summed E-state index contributed by atoms with van der Waals surface area (Å²) in [5.74, 6) is -0.702. The fraction of sp³-hybridized carbons (Fsp3) is 0.857. The van der Waals surface area contributed by atoms with E-state index in [1.54, 1.807) is 0 Å². The summed E-state index contributed by atoms with van der Waals surface area (Å²) < 4.78 is 0. The maximum absolute atomic E-state index is 10.2. The van der Waals surface area contributed by atoms with E-state index in [9.17, 15) is 4.79 Å². The van der Waals surface area contributed by atoms with Gasteiger partial charge < -0.3 is 10.4 Å². The molecule has 3 heteroatoms. The van der Waals surface area contributed by atoms with Gasteiger partial charge in [0.25, 0.3) is 0 Å². The second-order valence-corrected chi connectivity index (χ2v) is 2.94. The highest BCUT2D eigenvalue weighted by atomic mass is 16.4. The van der Waals surface area contributed by atoms with Crippen molar-refractivity contribution in [2.24, 2.45) is 0 Å². The van der Waals surface area contributed by atoms with Crippen LogP contribution in [-0.2, 0) is 4.79 Å². The smallest absolute Gasteiger partial charge is 0.304 e. The number of hydrogen-bond donors (Lipinski definition) is 2. The van der Waals surface area contributed by atoms with Crippen LogP contribution in [0.4, 0.5) is 0 Å². The molecule has 0 radical (unpaired) electrons. The quantitative estimate of drug-likeness (QED) is 0.595. The Balaban J connectivity index is 2.24. The van der Waals surface area contributed by atoms with E-state index >= 15 is 0 Å². The number of nitrogens with one attached hydrogen (secondary N) is 1.